The number of hydrogen-bond donors (Lipinski definition) is 2. The molecule has 0 fully saturated rings. The zero-order chi connectivity index (χ0) is 12.5. The number of rotatable bonds is 8. The Morgan fingerprint density at radius 1 is 1.65 bits per heavy atom. The van der Waals surface area contributed by atoms with Crippen LogP contribution in [0.25, 0.3) is 0 Å². The number of carbonyl (C=O) groups excluding carboxylic acids is 1. The van der Waals surface area contributed by atoms with Crippen LogP contribution in [-0.2, 0) is 11.3 Å². The normalized spacial score (nSPS) is 10.5. The summed E-state index contributed by atoms with van der Waals surface area (Å²) in [7, 11) is 0. The molecule has 1 amide bonds. The molecule has 17 heavy (non-hydrogen) atoms. The molecule has 1 aromatic rings. The summed E-state index contributed by atoms with van der Waals surface area (Å²) in [5.74, 6) is 0.618. The Kier molecular flexibility index (Phi) is 6.06. The fraction of sp³-hybridized carbons (Fsp3) is 0.417. The smallest absolute Gasteiger partial charge is 0.234 e. The van der Waals surface area contributed by atoms with E-state index in [2.05, 4.69) is 11.9 Å². The van der Waals surface area contributed by atoms with Crippen LogP contribution in [0.5, 0.6) is 0 Å². The van der Waals surface area contributed by atoms with E-state index in [0.717, 1.165) is 5.76 Å². The first-order valence-corrected chi connectivity index (χ1v) is 5.49. The molecule has 5 heteroatoms. The SMILES string of the molecule is C=CCN(CCO)CC(=O)NCc1ccco1. The van der Waals surface area contributed by atoms with Crippen molar-refractivity contribution in [1.82, 2.24) is 10.2 Å². The first-order valence-electron chi connectivity index (χ1n) is 5.49. The van der Waals surface area contributed by atoms with Gasteiger partial charge < -0.3 is 14.8 Å². The molecule has 0 bridgehead atoms. The zero-order valence-electron chi connectivity index (χ0n) is 9.76. The molecule has 1 rings (SSSR count). The third-order valence-electron chi connectivity index (χ3n) is 2.21. The Hall–Kier alpha value is -1.59. The second-order valence-corrected chi connectivity index (χ2v) is 3.60. The van der Waals surface area contributed by atoms with Crippen LogP contribution in [0, 0.1) is 0 Å². The van der Waals surface area contributed by atoms with Gasteiger partial charge in [0.15, 0.2) is 0 Å². The maximum Gasteiger partial charge on any atom is 0.234 e. The average molecular weight is 238 g/mol. The fourth-order valence-corrected chi connectivity index (χ4v) is 1.42. The van der Waals surface area contributed by atoms with E-state index in [9.17, 15) is 4.79 Å². The number of furan rings is 1. The molecule has 2 N–H and O–H groups in total. The van der Waals surface area contributed by atoms with Gasteiger partial charge in [-0.1, -0.05) is 6.08 Å². The van der Waals surface area contributed by atoms with E-state index in [-0.39, 0.29) is 19.1 Å². The first-order chi connectivity index (χ1) is 8.26. The standard InChI is InChI=1S/C12H18N2O3/c1-2-5-14(6-7-15)10-12(16)13-9-11-4-3-8-17-11/h2-4,8,15H,1,5-7,9-10H2,(H,13,16). The predicted octanol–water partition coefficient (Wildman–Crippen LogP) is 0.376. The minimum atomic E-state index is -0.100. The van der Waals surface area contributed by atoms with Crippen molar-refractivity contribution in [2.45, 2.75) is 6.54 Å². The van der Waals surface area contributed by atoms with Crippen LogP contribution >= 0.6 is 0 Å². The molecule has 0 radical (unpaired) electrons. The highest BCUT2D eigenvalue weighted by molar-refractivity contribution is 5.77. The van der Waals surface area contributed by atoms with Gasteiger partial charge in [0.2, 0.25) is 5.91 Å². The second-order valence-electron chi connectivity index (χ2n) is 3.60. The van der Waals surface area contributed by atoms with Crippen molar-refractivity contribution in [2.75, 3.05) is 26.2 Å². The van der Waals surface area contributed by atoms with Gasteiger partial charge in [0.1, 0.15) is 5.76 Å². The summed E-state index contributed by atoms with van der Waals surface area (Å²) >= 11 is 0. The summed E-state index contributed by atoms with van der Waals surface area (Å²) in [4.78, 5) is 13.4. The van der Waals surface area contributed by atoms with E-state index in [0.29, 0.717) is 19.6 Å². The van der Waals surface area contributed by atoms with E-state index in [1.165, 1.54) is 0 Å². The molecule has 0 aliphatic rings. The van der Waals surface area contributed by atoms with E-state index >= 15 is 0 Å². The van der Waals surface area contributed by atoms with Crippen LogP contribution in [0.4, 0.5) is 0 Å². The lowest BCUT2D eigenvalue weighted by Gasteiger charge is -2.18. The highest BCUT2D eigenvalue weighted by Crippen LogP contribution is 1.98. The van der Waals surface area contributed by atoms with Gasteiger partial charge >= 0.3 is 0 Å². The molecule has 0 spiro atoms. The van der Waals surface area contributed by atoms with Crippen molar-refractivity contribution >= 4 is 5.91 Å². The lowest BCUT2D eigenvalue weighted by molar-refractivity contribution is -0.122. The quantitative estimate of drug-likeness (QED) is 0.642. The van der Waals surface area contributed by atoms with Gasteiger partial charge in [-0.05, 0) is 12.1 Å². The number of amides is 1. The minimum absolute atomic E-state index is 0.0271. The number of aliphatic hydroxyl groups excluding tert-OH is 1. The number of carbonyl (C=O) groups is 1. The molecule has 0 saturated carbocycles. The van der Waals surface area contributed by atoms with Crippen LogP contribution in [-0.4, -0.2) is 42.2 Å². The van der Waals surface area contributed by atoms with Crippen molar-refractivity contribution in [2.24, 2.45) is 0 Å². The lowest BCUT2D eigenvalue weighted by atomic mass is 10.4. The van der Waals surface area contributed by atoms with Crippen LogP contribution in [0.15, 0.2) is 35.5 Å². The summed E-state index contributed by atoms with van der Waals surface area (Å²) < 4.78 is 5.10. The van der Waals surface area contributed by atoms with Crippen molar-refractivity contribution in [3.63, 3.8) is 0 Å². The van der Waals surface area contributed by atoms with E-state index in [4.69, 9.17) is 9.52 Å². The highest BCUT2D eigenvalue weighted by atomic mass is 16.3. The number of aliphatic hydroxyl groups is 1. The molecule has 5 nitrogen and oxygen atoms in total. The van der Waals surface area contributed by atoms with Crippen molar-refractivity contribution < 1.29 is 14.3 Å². The Bertz CT molecular complexity index is 336. The van der Waals surface area contributed by atoms with Gasteiger partial charge in [-0.25, -0.2) is 0 Å². The first kappa shape index (κ1) is 13.5. The number of hydrogen-bond acceptors (Lipinski definition) is 4. The maximum atomic E-state index is 11.6. The van der Waals surface area contributed by atoms with Gasteiger partial charge in [0, 0.05) is 13.1 Å². The summed E-state index contributed by atoms with van der Waals surface area (Å²) in [6.07, 6.45) is 3.27. The van der Waals surface area contributed by atoms with Crippen LogP contribution in [0.2, 0.25) is 0 Å². The molecule has 1 aromatic heterocycles. The molecule has 94 valence electrons. The van der Waals surface area contributed by atoms with Crippen molar-refractivity contribution in [3.05, 3.63) is 36.8 Å². The zero-order valence-corrected chi connectivity index (χ0v) is 9.76. The monoisotopic (exact) mass is 238 g/mol. The van der Waals surface area contributed by atoms with Gasteiger partial charge in [0.05, 0.1) is 26.0 Å². The molecule has 0 atom stereocenters. The third kappa shape index (κ3) is 5.33. The lowest BCUT2D eigenvalue weighted by Crippen LogP contribution is -2.38. The van der Waals surface area contributed by atoms with Gasteiger partial charge in [-0.2, -0.15) is 0 Å². The van der Waals surface area contributed by atoms with Crippen LogP contribution < -0.4 is 5.32 Å². The van der Waals surface area contributed by atoms with E-state index < -0.39 is 0 Å². The Morgan fingerprint density at radius 2 is 2.47 bits per heavy atom. The Labute approximate surface area is 101 Å². The van der Waals surface area contributed by atoms with Gasteiger partial charge in [-0.3, -0.25) is 9.69 Å². The molecular weight excluding hydrogens is 220 g/mol. The summed E-state index contributed by atoms with van der Waals surface area (Å²) in [5.41, 5.74) is 0. The second kappa shape index (κ2) is 7.65. The minimum Gasteiger partial charge on any atom is -0.467 e. The molecule has 0 aliphatic carbocycles. The topological polar surface area (TPSA) is 65.7 Å². The van der Waals surface area contributed by atoms with Crippen LogP contribution in [0.3, 0.4) is 0 Å². The van der Waals surface area contributed by atoms with Crippen LogP contribution in [0.1, 0.15) is 5.76 Å². The van der Waals surface area contributed by atoms with E-state index in [1.54, 1.807) is 24.5 Å². The Morgan fingerprint density at radius 3 is 3.06 bits per heavy atom. The van der Waals surface area contributed by atoms with Crippen molar-refractivity contribution in [1.29, 1.82) is 0 Å². The third-order valence-corrected chi connectivity index (χ3v) is 2.21. The summed E-state index contributed by atoms with van der Waals surface area (Å²) in [5, 5.41) is 11.6. The number of nitrogens with one attached hydrogen (secondary N) is 1. The maximum absolute atomic E-state index is 11.6. The predicted molar refractivity (Wildman–Crippen MR) is 64.3 cm³/mol. The van der Waals surface area contributed by atoms with Gasteiger partial charge in [0.25, 0.3) is 0 Å². The van der Waals surface area contributed by atoms with E-state index in [1.807, 2.05) is 4.90 Å². The highest BCUT2D eigenvalue weighted by Gasteiger charge is 2.08. The molecule has 1 heterocycles. The number of nitrogens with zero attached hydrogens (tertiary/aromatic N) is 1. The summed E-state index contributed by atoms with van der Waals surface area (Å²) in [6, 6.07) is 3.58. The summed E-state index contributed by atoms with van der Waals surface area (Å²) in [6.45, 7) is 5.30. The molecule has 0 unspecified atom stereocenters. The average Bonchev–Trinajstić information content (AvgIpc) is 2.80. The molecule has 0 aromatic carbocycles. The molecule has 0 aliphatic heterocycles. The largest absolute Gasteiger partial charge is 0.467 e. The molecule has 0 saturated heterocycles. The fourth-order valence-electron chi connectivity index (χ4n) is 1.42. The Balaban J connectivity index is 2.28. The van der Waals surface area contributed by atoms with Crippen molar-refractivity contribution in [3.8, 4) is 0 Å². The molecular formula is C12H18N2O3. The van der Waals surface area contributed by atoms with Gasteiger partial charge in [-0.15, -0.1) is 6.58 Å².